The minimum Gasteiger partial charge on any atom is -0.310 e. The fourth-order valence-electron chi connectivity index (χ4n) is 2.35. The number of hydrogen-bond donors (Lipinski definition) is 1. The van der Waals surface area contributed by atoms with Crippen LogP contribution in [0.2, 0.25) is 0 Å². The molecular formula is C12H13N3OS. The van der Waals surface area contributed by atoms with E-state index < -0.39 is 0 Å². The van der Waals surface area contributed by atoms with Crippen LogP contribution in [0.15, 0.2) is 6.33 Å². The van der Waals surface area contributed by atoms with Gasteiger partial charge in [0.15, 0.2) is 0 Å². The molecule has 88 valence electrons. The van der Waals surface area contributed by atoms with Crippen LogP contribution in [-0.4, -0.2) is 15.9 Å². The standard InChI is InChI=1S/C12H13N3OS/c1-7(16)15-11-10-8-4-2-3-5-9(8)17-12(10)14-6-13-11/h6H,2-5H2,1H3,(H,13,14,15,16). The molecule has 1 aliphatic carbocycles. The molecule has 3 rings (SSSR count). The molecule has 0 aliphatic heterocycles. The van der Waals surface area contributed by atoms with Crippen molar-refractivity contribution in [1.82, 2.24) is 9.97 Å². The van der Waals surface area contributed by atoms with Crippen molar-refractivity contribution in [3.05, 3.63) is 16.8 Å². The second-order valence-electron chi connectivity index (χ2n) is 4.29. The lowest BCUT2D eigenvalue weighted by molar-refractivity contribution is -0.114. The molecule has 0 fully saturated rings. The number of aryl methyl sites for hydroxylation is 2. The van der Waals surface area contributed by atoms with Gasteiger partial charge >= 0.3 is 0 Å². The Morgan fingerprint density at radius 2 is 2.18 bits per heavy atom. The molecule has 0 aromatic carbocycles. The van der Waals surface area contributed by atoms with E-state index in [0.29, 0.717) is 5.82 Å². The van der Waals surface area contributed by atoms with E-state index in [-0.39, 0.29) is 5.91 Å². The molecule has 0 atom stereocenters. The molecule has 17 heavy (non-hydrogen) atoms. The molecule has 0 saturated carbocycles. The van der Waals surface area contributed by atoms with Gasteiger partial charge in [-0.15, -0.1) is 11.3 Å². The fraction of sp³-hybridized carbons (Fsp3) is 0.417. The van der Waals surface area contributed by atoms with E-state index >= 15 is 0 Å². The van der Waals surface area contributed by atoms with Crippen molar-refractivity contribution < 1.29 is 4.79 Å². The highest BCUT2D eigenvalue weighted by Crippen LogP contribution is 2.37. The van der Waals surface area contributed by atoms with Crippen LogP contribution in [0.4, 0.5) is 5.82 Å². The van der Waals surface area contributed by atoms with Crippen LogP contribution < -0.4 is 5.32 Å². The van der Waals surface area contributed by atoms with E-state index in [1.54, 1.807) is 11.3 Å². The highest BCUT2D eigenvalue weighted by atomic mass is 32.1. The largest absolute Gasteiger partial charge is 0.310 e. The van der Waals surface area contributed by atoms with Gasteiger partial charge < -0.3 is 5.32 Å². The Kier molecular flexibility index (Phi) is 2.55. The zero-order valence-electron chi connectivity index (χ0n) is 9.62. The average Bonchev–Trinajstić information content (AvgIpc) is 2.67. The molecule has 0 spiro atoms. The summed E-state index contributed by atoms with van der Waals surface area (Å²) in [5.74, 6) is 0.586. The second kappa shape index (κ2) is 4.07. The topological polar surface area (TPSA) is 54.9 Å². The number of carbonyl (C=O) groups excluding carboxylic acids is 1. The first-order chi connectivity index (χ1) is 8.25. The molecule has 1 amide bonds. The smallest absolute Gasteiger partial charge is 0.222 e. The molecule has 1 aliphatic rings. The maximum atomic E-state index is 11.2. The minimum atomic E-state index is -0.0826. The number of nitrogens with zero attached hydrogens (tertiary/aromatic N) is 2. The molecule has 2 aromatic rings. The van der Waals surface area contributed by atoms with Gasteiger partial charge in [-0.1, -0.05) is 0 Å². The molecule has 0 bridgehead atoms. The summed E-state index contributed by atoms with van der Waals surface area (Å²) in [7, 11) is 0. The lowest BCUT2D eigenvalue weighted by Gasteiger charge is -2.11. The van der Waals surface area contributed by atoms with Gasteiger partial charge in [0.25, 0.3) is 0 Å². The van der Waals surface area contributed by atoms with Gasteiger partial charge in [-0.2, -0.15) is 0 Å². The molecule has 0 unspecified atom stereocenters. The van der Waals surface area contributed by atoms with Crippen molar-refractivity contribution >= 4 is 33.3 Å². The second-order valence-corrected chi connectivity index (χ2v) is 5.38. The minimum absolute atomic E-state index is 0.0826. The number of thiophene rings is 1. The van der Waals surface area contributed by atoms with Crippen molar-refractivity contribution in [2.75, 3.05) is 5.32 Å². The number of rotatable bonds is 1. The number of aromatic nitrogens is 2. The Labute approximate surface area is 103 Å². The van der Waals surface area contributed by atoms with E-state index in [1.165, 1.54) is 36.5 Å². The van der Waals surface area contributed by atoms with Crippen LogP contribution >= 0.6 is 11.3 Å². The Morgan fingerprint density at radius 1 is 1.35 bits per heavy atom. The summed E-state index contributed by atoms with van der Waals surface area (Å²) < 4.78 is 0. The lowest BCUT2D eigenvalue weighted by Crippen LogP contribution is -2.09. The molecular weight excluding hydrogens is 234 g/mol. The van der Waals surface area contributed by atoms with Crippen LogP contribution in [0.5, 0.6) is 0 Å². The highest BCUT2D eigenvalue weighted by Gasteiger charge is 2.19. The molecule has 2 heterocycles. The first-order valence-corrected chi connectivity index (χ1v) is 6.60. The van der Waals surface area contributed by atoms with Crippen LogP contribution in [0.1, 0.15) is 30.2 Å². The summed E-state index contributed by atoms with van der Waals surface area (Å²) in [5, 5.41) is 3.86. The summed E-state index contributed by atoms with van der Waals surface area (Å²) in [6.07, 6.45) is 6.21. The maximum Gasteiger partial charge on any atom is 0.222 e. The van der Waals surface area contributed by atoms with Gasteiger partial charge in [-0.05, 0) is 31.2 Å². The number of fused-ring (bicyclic) bond motifs is 3. The molecule has 0 radical (unpaired) electrons. The van der Waals surface area contributed by atoms with E-state index in [9.17, 15) is 4.79 Å². The third-order valence-corrected chi connectivity index (χ3v) is 4.25. The summed E-state index contributed by atoms with van der Waals surface area (Å²) in [4.78, 5) is 22.1. The quantitative estimate of drug-likeness (QED) is 0.842. The van der Waals surface area contributed by atoms with Crippen molar-refractivity contribution in [1.29, 1.82) is 0 Å². The summed E-state index contributed by atoms with van der Waals surface area (Å²) in [6.45, 7) is 1.51. The molecule has 0 saturated heterocycles. The van der Waals surface area contributed by atoms with E-state index in [4.69, 9.17) is 0 Å². The summed E-state index contributed by atoms with van der Waals surface area (Å²) in [5.41, 5.74) is 1.35. The van der Waals surface area contributed by atoms with Crippen LogP contribution in [0, 0.1) is 0 Å². The summed E-state index contributed by atoms with van der Waals surface area (Å²) >= 11 is 1.74. The van der Waals surface area contributed by atoms with Crippen LogP contribution in [0.25, 0.3) is 10.2 Å². The normalized spacial score (nSPS) is 14.6. The van der Waals surface area contributed by atoms with Gasteiger partial charge in [0.2, 0.25) is 5.91 Å². The number of hydrogen-bond acceptors (Lipinski definition) is 4. The van der Waals surface area contributed by atoms with Gasteiger partial charge in [-0.3, -0.25) is 4.79 Å². The average molecular weight is 247 g/mol. The van der Waals surface area contributed by atoms with Crippen molar-refractivity contribution in [3.8, 4) is 0 Å². The van der Waals surface area contributed by atoms with Crippen molar-refractivity contribution in [2.45, 2.75) is 32.6 Å². The first-order valence-electron chi connectivity index (χ1n) is 5.78. The molecule has 4 nitrogen and oxygen atoms in total. The van der Waals surface area contributed by atoms with Gasteiger partial charge in [0.1, 0.15) is 17.0 Å². The number of carbonyl (C=O) groups is 1. The van der Waals surface area contributed by atoms with E-state index in [0.717, 1.165) is 23.1 Å². The molecule has 5 heteroatoms. The van der Waals surface area contributed by atoms with Gasteiger partial charge in [0, 0.05) is 11.8 Å². The van der Waals surface area contributed by atoms with Crippen molar-refractivity contribution in [2.24, 2.45) is 0 Å². The first kappa shape index (κ1) is 10.7. The lowest BCUT2D eigenvalue weighted by atomic mass is 9.97. The van der Waals surface area contributed by atoms with Crippen molar-refractivity contribution in [3.63, 3.8) is 0 Å². The summed E-state index contributed by atoms with van der Waals surface area (Å²) in [6, 6.07) is 0. The van der Waals surface area contributed by atoms with Gasteiger partial charge in [0.05, 0.1) is 5.39 Å². The Morgan fingerprint density at radius 3 is 3.00 bits per heavy atom. The Bertz CT molecular complexity index is 591. The zero-order chi connectivity index (χ0) is 11.8. The maximum absolute atomic E-state index is 11.2. The molecule has 2 aromatic heterocycles. The van der Waals surface area contributed by atoms with Gasteiger partial charge in [-0.25, -0.2) is 9.97 Å². The predicted molar refractivity (Wildman–Crippen MR) is 68.4 cm³/mol. The van der Waals surface area contributed by atoms with Crippen LogP contribution in [-0.2, 0) is 17.6 Å². The fourth-order valence-corrected chi connectivity index (χ4v) is 3.58. The Hall–Kier alpha value is -1.49. The zero-order valence-corrected chi connectivity index (χ0v) is 10.4. The predicted octanol–water partition coefficient (Wildman–Crippen LogP) is 2.53. The SMILES string of the molecule is CC(=O)Nc1ncnc2sc3c(c12)CCCC3. The molecule has 1 N–H and O–H groups in total. The third kappa shape index (κ3) is 1.80. The highest BCUT2D eigenvalue weighted by molar-refractivity contribution is 7.19. The number of anilines is 1. The number of amides is 1. The van der Waals surface area contributed by atoms with E-state index in [2.05, 4.69) is 15.3 Å². The number of nitrogens with one attached hydrogen (secondary N) is 1. The third-order valence-electron chi connectivity index (χ3n) is 3.05. The van der Waals surface area contributed by atoms with E-state index in [1.807, 2.05) is 0 Å². The van der Waals surface area contributed by atoms with Crippen LogP contribution in [0.3, 0.4) is 0 Å². The monoisotopic (exact) mass is 247 g/mol. The Balaban J connectivity index is 2.22.